The molecule has 0 fully saturated rings. The lowest BCUT2D eigenvalue weighted by molar-refractivity contribution is -0.138. The zero-order valence-electron chi connectivity index (χ0n) is 18.3. The van der Waals surface area contributed by atoms with E-state index in [4.69, 9.17) is 4.74 Å². The maximum Gasteiger partial charge on any atom is 0.407 e. The highest BCUT2D eigenvalue weighted by molar-refractivity contribution is 6.22. The summed E-state index contributed by atoms with van der Waals surface area (Å²) in [6, 6.07) is -1.01. The van der Waals surface area contributed by atoms with E-state index in [-0.39, 0.29) is 41.1 Å². The molecule has 1 aliphatic carbocycles. The normalized spacial score (nSPS) is 18.4. The van der Waals surface area contributed by atoms with Crippen molar-refractivity contribution in [3.05, 3.63) is 11.3 Å². The molecule has 164 valence electrons. The number of ether oxygens (including phenoxy) is 1. The number of aliphatic carboxylic acids is 1. The van der Waals surface area contributed by atoms with Crippen molar-refractivity contribution in [2.24, 2.45) is 10.4 Å². The molecular weight excluding hydrogens is 376 g/mol. The summed E-state index contributed by atoms with van der Waals surface area (Å²) in [7, 11) is 0. The van der Waals surface area contributed by atoms with Gasteiger partial charge in [0.2, 0.25) is 0 Å². The lowest BCUT2D eigenvalue weighted by atomic mass is 9.75. The number of aliphatic hydroxyl groups is 1. The standard InChI is InChI=1S/C21H34N2O6/c1-13(17-15(24)11-21(5,6)12-16(17)25)23-14(18(26)27)9-7-8-10-22-19(28)29-20(2,3)4/h14,24H,7-12H2,1-6H3,(H,22,28)(H,26,27). The second-order valence-corrected chi connectivity index (χ2v) is 9.26. The number of carboxylic acid groups (broad SMARTS) is 1. The molecule has 1 atom stereocenters. The number of unbranched alkanes of at least 4 members (excludes halogenated alkanes) is 1. The molecule has 1 amide bonds. The number of hydrogen-bond acceptors (Lipinski definition) is 6. The Morgan fingerprint density at radius 3 is 2.38 bits per heavy atom. The van der Waals surface area contributed by atoms with Gasteiger partial charge in [-0.3, -0.25) is 9.79 Å². The molecule has 0 spiro atoms. The molecule has 0 aromatic rings. The summed E-state index contributed by atoms with van der Waals surface area (Å²) in [6.07, 6.45) is 1.48. The maximum atomic E-state index is 12.4. The van der Waals surface area contributed by atoms with Gasteiger partial charge in [0.1, 0.15) is 17.4 Å². The lowest BCUT2D eigenvalue weighted by Crippen LogP contribution is -2.33. The van der Waals surface area contributed by atoms with Gasteiger partial charge >= 0.3 is 12.1 Å². The van der Waals surface area contributed by atoms with Crippen LogP contribution in [0.5, 0.6) is 0 Å². The third kappa shape index (κ3) is 8.66. The molecular formula is C21H34N2O6. The number of carboxylic acids is 1. The van der Waals surface area contributed by atoms with E-state index < -0.39 is 23.7 Å². The van der Waals surface area contributed by atoms with E-state index in [0.717, 1.165) is 0 Å². The Labute approximate surface area is 172 Å². The van der Waals surface area contributed by atoms with E-state index in [0.29, 0.717) is 25.8 Å². The fraction of sp³-hybridized carbons (Fsp3) is 0.714. The highest BCUT2D eigenvalue weighted by Crippen LogP contribution is 2.36. The summed E-state index contributed by atoms with van der Waals surface area (Å²) in [6.45, 7) is 11.0. The SMILES string of the molecule is CC(=NC(CCCCNC(=O)OC(C)(C)C)C(=O)O)C1=C(O)CC(C)(C)CC1=O. The molecule has 0 aromatic heterocycles. The van der Waals surface area contributed by atoms with Crippen LogP contribution in [0.1, 0.15) is 73.6 Å². The largest absolute Gasteiger partial charge is 0.511 e. The quantitative estimate of drug-likeness (QED) is 0.413. The molecule has 0 saturated heterocycles. The number of amides is 1. The first-order valence-electron chi connectivity index (χ1n) is 9.91. The molecule has 1 unspecified atom stereocenters. The van der Waals surface area contributed by atoms with Gasteiger partial charge in [0.05, 0.1) is 5.57 Å². The topological polar surface area (TPSA) is 125 Å². The van der Waals surface area contributed by atoms with Crippen LogP contribution in [0.4, 0.5) is 4.79 Å². The molecule has 8 nitrogen and oxygen atoms in total. The summed E-state index contributed by atoms with van der Waals surface area (Å²) in [4.78, 5) is 39.7. The number of aliphatic hydroxyl groups excluding tert-OH is 1. The second-order valence-electron chi connectivity index (χ2n) is 9.26. The number of rotatable bonds is 8. The number of carbonyl (C=O) groups is 3. The molecule has 1 aliphatic rings. The summed E-state index contributed by atoms with van der Waals surface area (Å²) < 4.78 is 5.13. The highest BCUT2D eigenvalue weighted by atomic mass is 16.6. The Morgan fingerprint density at radius 2 is 1.86 bits per heavy atom. The van der Waals surface area contributed by atoms with Gasteiger partial charge in [-0.2, -0.15) is 0 Å². The summed E-state index contributed by atoms with van der Waals surface area (Å²) in [5.41, 5.74) is -0.501. The van der Waals surface area contributed by atoms with Crippen LogP contribution in [0, 0.1) is 5.41 Å². The van der Waals surface area contributed by atoms with Gasteiger partial charge in [-0.1, -0.05) is 13.8 Å². The number of carbonyl (C=O) groups excluding carboxylic acids is 2. The lowest BCUT2D eigenvalue weighted by Gasteiger charge is -2.29. The maximum absolute atomic E-state index is 12.4. The van der Waals surface area contributed by atoms with Crippen LogP contribution >= 0.6 is 0 Å². The van der Waals surface area contributed by atoms with Crippen LogP contribution in [-0.4, -0.2) is 52.0 Å². The average molecular weight is 411 g/mol. The molecule has 0 heterocycles. The van der Waals surface area contributed by atoms with Crippen molar-refractivity contribution in [3.8, 4) is 0 Å². The number of hydrogen-bond donors (Lipinski definition) is 3. The van der Waals surface area contributed by atoms with Gasteiger partial charge in [-0.05, 0) is 52.4 Å². The fourth-order valence-electron chi connectivity index (χ4n) is 3.21. The highest BCUT2D eigenvalue weighted by Gasteiger charge is 2.34. The minimum absolute atomic E-state index is 0.0294. The molecule has 29 heavy (non-hydrogen) atoms. The molecule has 0 bridgehead atoms. The first-order valence-corrected chi connectivity index (χ1v) is 9.91. The molecule has 1 rings (SSSR count). The van der Waals surface area contributed by atoms with Gasteiger partial charge < -0.3 is 20.3 Å². The third-order valence-corrected chi connectivity index (χ3v) is 4.42. The monoisotopic (exact) mass is 410 g/mol. The fourth-order valence-corrected chi connectivity index (χ4v) is 3.21. The molecule has 0 aromatic carbocycles. The number of allylic oxidation sites excluding steroid dienone is 2. The van der Waals surface area contributed by atoms with Gasteiger partial charge in [-0.25, -0.2) is 9.59 Å². The van der Waals surface area contributed by atoms with Crippen LogP contribution < -0.4 is 5.32 Å². The van der Waals surface area contributed by atoms with Crippen LogP contribution in [0.3, 0.4) is 0 Å². The van der Waals surface area contributed by atoms with Crippen LogP contribution in [0.15, 0.2) is 16.3 Å². The van der Waals surface area contributed by atoms with Crippen molar-refractivity contribution in [1.82, 2.24) is 5.32 Å². The third-order valence-electron chi connectivity index (χ3n) is 4.42. The number of Topliss-reactive ketones (excluding diaryl/α,β-unsaturated/α-hetero) is 1. The van der Waals surface area contributed by atoms with E-state index in [1.807, 2.05) is 13.8 Å². The van der Waals surface area contributed by atoms with Crippen molar-refractivity contribution < 1.29 is 29.3 Å². The minimum Gasteiger partial charge on any atom is -0.511 e. The Bertz CT molecular complexity index is 700. The number of nitrogens with one attached hydrogen (secondary N) is 1. The number of nitrogens with zero attached hydrogens (tertiary/aromatic N) is 1. The van der Waals surface area contributed by atoms with Crippen LogP contribution in [-0.2, 0) is 14.3 Å². The van der Waals surface area contributed by atoms with Crippen molar-refractivity contribution >= 4 is 23.6 Å². The van der Waals surface area contributed by atoms with Crippen LogP contribution in [0.25, 0.3) is 0 Å². The van der Waals surface area contributed by atoms with E-state index >= 15 is 0 Å². The zero-order chi connectivity index (χ0) is 22.4. The molecule has 8 heteroatoms. The summed E-state index contributed by atoms with van der Waals surface area (Å²) in [5, 5.41) is 22.3. The Hall–Kier alpha value is -2.38. The summed E-state index contributed by atoms with van der Waals surface area (Å²) in [5.74, 6) is -1.34. The van der Waals surface area contributed by atoms with E-state index in [1.165, 1.54) is 0 Å². The second kappa shape index (κ2) is 9.89. The predicted octanol–water partition coefficient (Wildman–Crippen LogP) is 3.80. The minimum atomic E-state index is -1.09. The molecule has 0 radical (unpaired) electrons. The van der Waals surface area contributed by atoms with E-state index in [1.54, 1.807) is 27.7 Å². The van der Waals surface area contributed by atoms with Crippen molar-refractivity contribution in [1.29, 1.82) is 0 Å². The summed E-state index contributed by atoms with van der Waals surface area (Å²) >= 11 is 0. The smallest absolute Gasteiger partial charge is 0.407 e. The van der Waals surface area contributed by atoms with E-state index in [2.05, 4.69) is 10.3 Å². The van der Waals surface area contributed by atoms with Gasteiger partial charge in [0, 0.05) is 25.1 Å². The Kier molecular flexibility index (Phi) is 8.41. The molecule has 3 N–H and O–H groups in total. The Morgan fingerprint density at radius 1 is 1.24 bits per heavy atom. The number of aliphatic imine (C=N–C) groups is 1. The van der Waals surface area contributed by atoms with Gasteiger partial charge in [0.15, 0.2) is 5.78 Å². The van der Waals surface area contributed by atoms with Crippen molar-refractivity contribution in [2.75, 3.05) is 6.54 Å². The van der Waals surface area contributed by atoms with Crippen LogP contribution in [0.2, 0.25) is 0 Å². The zero-order valence-corrected chi connectivity index (χ0v) is 18.3. The van der Waals surface area contributed by atoms with Crippen molar-refractivity contribution in [2.45, 2.75) is 85.3 Å². The van der Waals surface area contributed by atoms with Gasteiger partial charge in [0.25, 0.3) is 0 Å². The number of ketones is 1. The van der Waals surface area contributed by atoms with E-state index in [9.17, 15) is 24.6 Å². The molecule has 0 aliphatic heterocycles. The van der Waals surface area contributed by atoms with Gasteiger partial charge in [-0.15, -0.1) is 0 Å². The first kappa shape index (κ1) is 24.7. The molecule has 0 saturated carbocycles. The number of alkyl carbamates (subject to hydrolysis) is 1. The first-order chi connectivity index (χ1) is 13.2. The Balaban J connectivity index is 2.64. The van der Waals surface area contributed by atoms with Crippen molar-refractivity contribution in [3.63, 3.8) is 0 Å². The predicted molar refractivity (Wildman–Crippen MR) is 110 cm³/mol. The average Bonchev–Trinajstić information content (AvgIpc) is 2.49.